The maximum Gasteiger partial charge on any atom is -0.0280 e. The predicted molar refractivity (Wildman–Crippen MR) is 61.9 cm³/mol. The first-order valence-electron chi connectivity index (χ1n) is 5.80. The summed E-state index contributed by atoms with van der Waals surface area (Å²) in [6.07, 6.45) is 2.74. The van der Waals surface area contributed by atoms with Gasteiger partial charge in [-0.15, -0.1) is 0 Å². The molecule has 13 heavy (non-hydrogen) atoms. The fourth-order valence-electron chi connectivity index (χ4n) is 1.84. The second-order valence-corrected chi connectivity index (χ2v) is 5.75. The van der Waals surface area contributed by atoms with Crippen LogP contribution in [0.4, 0.5) is 0 Å². The molecule has 0 fully saturated rings. The number of hydrogen-bond acceptors (Lipinski definition) is 0. The molecule has 0 aliphatic carbocycles. The van der Waals surface area contributed by atoms with Crippen molar-refractivity contribution in [1.82, 2.24) is 0 Å². The van der Waals surface area contributed by atoms with Gasteiger partial charge in [-0.3, -0.25) is 0 Å². The summed E-state index contributed by atoms with van der Waals surface area (Å²) in [6.45, 7) is 16.5. The van der Waals surface area contributed by atoms with Crippen molar-refractivity contribution in [1.29, 1.82) is 0 Å². The molecule has 0 amide bonds. The molecule has 0 aromatic heterocycles. The molecule has 0 aromatic rings. The van der Waals surface area contributed by atoms with Gasteiger partial charge in [0, 0.05) is 0 Å². The normalized spacial score (nSPS) is 13.4. The third kappa shape index (κ3) is 3.70. The van der Waals surface area contributed by atoms with Crippen LogP contribution in [0.3, 0.4) is 0 Å². The first-order chi connectivity index (χ1) is 5.80. The topological polar surface area (TPSA) is 0 Å². The molecule has 0 radical (unpaired) electrons. The molecule has 0 atom stereocenters. The lowest BCUT2D eigenvalue weighted by Crippen LogP contribution is -2.30. The van der Waals surface area contributed by atoms with Gasteiger partial charge >= 0.3 is 0 Å². The number of hydrogen-bond donors (Lipinski definition) is 0. The van der Waals surface area contributed by atoms with Crippen molar-refractivity contribution in [2.45, 2.75) is 61.3 Å². The first kappa shape index (κ1) is 13.0. The summed E-state index contributed by atoms with van der Waals surface area (Å²) in [6, 6.07) is 0. The maximum atomic E-state index is 2.45. The fourth-order valence-corrected chi connectivity index (χ4v) is 1.84. The number of rotatable bonds is 5. The Labute approximate surface area is 85.1 Å². The van der Waals surface area contributed by atoms with Gasteiger partial charge in [0.05, 0.1) is 0 Å². The highest BCUT2D eigenvalue weighted by Gasteiger charge is 2.31. The second kappa shape index (κ2) is 5.02. The zero-order valence-electron chi connectivity index (χ0n) is 10.6. The Hall–Kier alpha value is 0. The lowest BCUT2D eigenvalue weighted by Gasteiger charge is -2.38. The Bertz CT molecular complexity index is 123. The van der Waals surface area contributed by atoms with Crippen LogP contribution >= 0.6 is 0 Å². The lowest BCUT2D eigenvalue weighted by molar-refractivity contribution is 0.114. The van der Waals surface area contributed by atoms with E-state index in [9.17, 15) is 0 Å². The van der Waals surface area contributed by atoms with E-state index in [2.05, 4.69) is 48.5 Å². The second-order valence-electron chi connectivity index (χ2n) is 5.75. The van der Waals surface area contributed by atoms with Crippen molar-refractivity contribution in [3.63, 3.8) is 0 Å². The van der Waals surface area contributed by atoms with Crippen LogP contribution in [-0.2, 0) is 0 Å². The summed E-state index contributed by atoms with van der Waals surface area (Å²) >= 11 is 0. The quantitative estimate of drug-likeness (QED) is 0.579. The molecule has 0 spiro atoms. The molecular formula is C13H28. The molecule has 0 bridgehead atoms. The molecular weight excluding hydrogens is 156 g/mol. The molecule has 0 rings (SSSR count). The van der Waals surface area contributed by atoms with E-state index >= 15 is 0 Å². The molecule has 0 N–H and O–H groups in total. The third-order valence-corrected chi connectivity index (χ3v) is 3.90. The van der Waals surface area contributed by atoms with Gasteiger partial charge in [-0.2, -0.15) is 0 Å². The summed E-state index contributed by atoms with van der Waals surface area (Å²) in [4.78, 5) is 0. The van der Waals surface area contributed by atoms with Crippen LogP contribution < -0.4 is 0 Å². The molecule has 0 saturated carbocycles. The largest absolute Gasteiger partial charge is 0.0628 e. The van der Waals surface area contributed by atoms with Crippen molar-refractivity contribution in [2.24, 2.45) is 23.2 Å². The molecule has 0 nitrogen and oxygen atoms in total. The van der Waals surface area contributed by atoms with Crippen LogP contribution in [0, 0.1) is 23.2 Å². The van der Waals surface area contributed by atoms with E-state index in [1.54, 1.807) is 0 Å². The maximum absolute atomic E-state index is 2.45. The standard InChI is InChI=1S/C13H28/c1-10(2)8-9-13(7,11(3)4)12(5)6/h10-12H,8-9H2,1-7H3. The minimum atomic E-state index is 0.532. The molecule has 0 heterocycles. The summed E-state index contributed by atoms with van der Waals surface area (Å²) in [5.41, 5.74) is 0.532. The van der Waals surface area contributed by atoms with E-state index in [-0.39, 0.29) is 0 Å². The van der Waals surface area contributed by atoms with E-state index in [1.165, 1.54) is 12.8 Å². The third-order valence-electron chi connectivity index (χ3n) is 3.90. The smallest absolute Gasteiger partial charge is 0.0280 e. The summed E-state index contributed by atoms with van der Waals surface area (Å²) < 4.78 is 0. The zero-order valence-corrected chi connectivity index (χ0v) is 10.6. The summed E-state index contributed by atoms with van der Waals surface area (Å²) in [7, 11) is 0. The van der Waals surface area contributed by atoms with Crippen LogP contribution in [0.25, 0.3) is 0 Å². The van der Waals surface area contributed by atoms with E-state index in [0.29, 0.717) is 5.41 Å². The van der Waals surface area contributed by atoms with E-state index < -0.39 is 0 Å². The average molecular weight is 184 g/mol. The van der Waals surface area contributed by atoms with Crippen LogP contribution in [-0.4, -0.2) is 0 Å². The first-order valence-corrected chi connectivity index (χ1v) is 5.80. The molecule has 0 aliphatic rings. The van der Waals surface area contributed by atoms with Crippen LogP contribution in [0.1, 0.15) is 61.3 Å². The van der Waals surface area contributed by atoms with Gasteiger partial charge in [0.25, 0.3) is 0 Å². The monoisotopic (exact) mass is 184 g/mol. The Kier molecular flexibility index (Phi) is 5.02. The minimum absolute atomic E-state index is 0.532. The van der Waals surface area contributed by atoms with Crippen molar-refractivity contribution in [2.75, 3.05) is 0 Å². The highest BCUT2D eigenvalue weighted by Crippen LogP contribution is 2.40. The highest BCUT2D eigenvalue weighted by atomic mass is 14.4. The van der Waals surface area contributed by atoms with E-state index in [4.69, 9.17) is 0 Å². The van der Waals surface area contributed by atoms with Gasteiger partial charge in [-0.1, -0.05) is 54.9 Å². The van der Waals surface area contributed by atoms with Crippen LogP contribution in [0.15, 0.2) is 0 Å². The molecule has 0 aromatic carbocycles. The average Bonchev–Trinajstić information content (AvgIpc) is 1.99. The molecule has 0 heteroatoms. The van der Waals surface area contributed by atoms with E-state index in [1.807, 2.05) is 0 Å². The zero-order chi connectivity index (χ0) is 10.6. The Balaban J connectivity index is 4.25. The van der Waals surface area contributed by atoms with Gasteiger partial charge < -0.3 is 0 Å². The molecule has 0 aliphatic heterocycles. The lowest BCUT2D eigenvalue weighted by atomic mass is 9.67. The van der Waals surface area contributed by atoms with Gasteiger partial charge in [-0.25, -0.2) is 0 Å². The van der Waals surface area contributed by atoms with Gasteiger partial charge in [-0.05, 0) is 29.6 Å². The van der Waals surface area contributed by atoms with Crippen LogP contribution in [0.5, 0.6) is 0 Å². The molecule has 0 saturated heterocycles. The van der Waals surface area contributed by atoms with Crippen molar-refractivity contribution < 1.29 is 0 Å². The Morgan fingerprint density at radius 2 is 1.23 bits per heavy atom. The Morgan fingerprint density at radius 1 is 0.846 bits per heavy atom. The Morgan fingerprint density at radius 3 is 1.46 bits per heavy atom. The molecule has 0 unspecified atom stereocenters. The SMILES string of the molecule is CC(C)CCC(C)(C(C)C)C(C)C. The van der Waals surface area contributed by atoms with E-state index in [0.717, 1.165) is 17.8 Å². The highest BCUT2D eigenvalue weighted by molar-refractivity contribution is 4.81. The van der Waals surface area contributed by atoms with Gasteiger partial charge in [0.1, 0.15) is 0 Å². The fraction of sp³-hybridized carbons (Fsp3) is 1.00. The molecule has 80 valence electrons. The van der Waals surface area contributed by atoms with Gasteiger partial charge in [0.15, 0.2) is 0 Å². The van der Waals surface area contributed by atoms with Crippen molar-refractivity contribution in [3.05, 3.63) is 0 Å². The summed E-state index contributed by atoms with van der Waals surface area (Å²) in [5, 5.41) is 0. The van der Waals surface area contributed by atoms with Crippen LogP contribution in [0.2, 0.25) is 0 Å². The van der Waals surface area contributed by atoms with Crippen molar-refractivity contribution >= 4 is 0 Å². The van der Waals surface area contributed by atoms with Gasteiger partial charge in [0.2, 0.25) is 0 Å². The summed E-state index contributed by atoms with van der Waals surface area (Å²) in [5.74, 6) is 2.44. The predicted octanol–water partition coefficient (Wildman–Crippen LogP) is 4.74. The minimum Gasteiger partial charge on any atom is -0.0628 e. The van der Waals surface area contributed by atoms with Crippen molar-refractivity contribution in [3.8, 4) is 0 Å².